The van der Waals surface area contributed by atoms with Crippen molar-refractivity contribution in [3.05, 3.63) is 83.4 Å². The molecule has 0 aromatic heterocycles. The van der Waals surface area contributed by atoms with Crippen LogP contribution in [-0.4, -0.2) is 13.0 Å². The largest absolute Gasteiger partial charge is 0.497 e. The van der Waals surface area contributed by atoms with Crippen LogP contribution in [0.4, 0.5) is 17.1 Å². The average molecular weight is 346 g/mol. The van der Waals surface area contributed by atoms with E-state index in [1.807, 2.05) is 54.6 Å². The number of para-hydroxylation sites is 1. The van der Waals surface area contributed by atoms with Gasteiger partial charge in [-0.15, -0.1) is 0 Å². The molecule has 0 aliphatic heterocycles. The normalized spacial score (nSPS) is 10.3. The van der Waals surface area contributed by atoms with Crippen LogP contribution < -0.4 is 15.4 Å². The van der Waals surface area contributed by atoms with Gasteiger partial charge in [-0.05, 0) is 61.9 Å². The third-order valence-electron chi connectivity index (χ3n) is 4.17. The third-order valence-corrected chi connectivity index (χ3v) is 4.17. The number of carbonyl (C=O) groups is 1. The monoisotopic (exact) mass is 346 g/mol. The van der Waals surface area contributed by atoms with Crippen LogP contribution in [0.2, 0.25) is 0 Å². The van der Waals surface area contributed by atoms with E-state index in [2.05, 4.69) is 36.6 Å². The number of nitrogens with one attached hydrogen (secondary N) is 2. The zero-order valence-electron chi connectivity index (χ0n) is 15.2. The van der Waals surface area contributed by atoms with E-state index in [0.717, 1.165) is 28.4 Å². The van der Waals surface area contributed by atoms with E-state index in [0.29, 0.717) is 5.56 Å². The van der Waals surface area contributed by atoms with Gasteiger partial charge < -0.3 is 15.4 Å². The standard InChI is InChI=1S/C22H22N2O2/c1-15-8-13-20(16(2)14-15)24-21-7-5-4-6-19(21)22(25)23-17-9-11-18(26-3)12-10-17/h4-14,24H,1-3H3,(H,23,25). The Morgan fingerprint density at radius 2 is 1.62 bits per heavy atom. The summed E-state index contributed by atoms with van der Waals surface area (Å²) >= 11 is 0. The molecule has 1 amide bonds. The number of rotatable bonds is 5. The molecule has 0 saturated carbocycles. The molecule has 0 bridgehead atoms. The van der Waals surface area contributed by atoms with Crippen molar-refractivity contribution in [2.75, 3.05) is 17.7 Å². The second-order valence-electron chi connectivity index (χ2n) is 6.17. The van der Waals surface area contributed by atoms with Crippen molar-refractivity contribution in [3.8, 4) is 5.75 Å². The molecule has 4 heteroatoms. The highest BCUT2D eigenvalue weighted by Gasteiger charge is 2.12. The SMILES string of the molecule is COc1ccc(NC(=O)c2ccccc2Nc2ccc(C)cc2C)cc1. The van der Waals surface area contributed by atoms with Gasteiger partial charge in [0.05, 0.1) is 18.4 Å². The van der Waals surface area contributed by atoms with Crippen LogP contribution >= 0.6 is 0 Å². The fourth-order valence-corrected chi connectivity index (χ4v) is 2.76. The van der Waals surface area contributed by atoms with Gasteiger partial charge in [0, 0.05) is 11.4 Å². The van der Waals surface area contributed by atoms with Crippen LogP contribution in [0.3, 0.4) is 0 Å². The summed E-state index contributed by atoms with van der Waals surface area (Å²) in [6, 6.07) is 20.9. The van der Waals surface area contributed by atoms with E-state index in [4.69, 9.17) is 4.74 Å². The molecule has 2 N–H and O–H groups in total. The molecule has 0 spiro atoms. The number of hydrogen-bond acceptors (Lipinski definition) is 3. The zero-order valence-corrected chi connectivity index (χ0v) is 15.2. The molecule has 0 radical (unpaired) electrons. The first-order valence-corrected chi connectivity index (χ1v) is 8.45. The Labute approximate surface area is 153 Å². The van der Waals surface area contributed by atoms with Crippen molar-refractivity contribution >= 4 is 23.0 Å². The molecule has 3 aromatic carbocycles. The number of hydrogen-bond donors (Lipinski definition) is 2. The first-order chi connectivity index (χ1) is 12.6. The Hall–Kier alpha value is -3.27. The highest BCUT2D eigenvalue weighted by atomic mass is 16.5. The molecular formula is C22H22N2O2. The molecule has 4 nitrogen and oxygen atoms in total. The molecular weight excluding hydrogens is 324 g/mol. The van der Waals surface area contributed by atoms with Crippen molar-refractivity contribution in [3.63, 3.8) is 0 Å². The van der Waals surface area contributed by atoms with Crippen LogP contribution in [0.25, 0.3) is 0 Å². The molecule has 0 fully saturated rings. The number of benzene rings is 3. The van der Waals surface area contributed by atoms with Gasteiger partial charge in [0.25, 0.3) is 5.91 Å². The molecule has 3 aromatic rings. The first kappa shape index (κ1) is 17.5. The molecule has 132 valence electrons. The molecule has 0 saturated heterocycles. The van der Waals surface area contributed by atoms with E-state index in [-0.39, 0.29) is 5.91 Å². The van der Waals surface area contributed by atoms with E-state index >= 15 is 0 Å². The van der Waals surface area contributed by atoms with Crippen molar-refractivity contribution in [1.82, 2.24) is 0 Å². The van der Waals surface area contributed by atoms with Crippen LogP contribution in [0.15, 0.2) is 66.7 Å². The molecule has 0 aliphatic carbocycles. The predicted octanol–water partition coefficient (Wildman–Crippen LogP) is 5.31. The summed E-state index contributed by atoms with van der Waals surface area (Å²) in [6.45, 7) is 4.11. The lowest BCUT2D eigenvalue weighted by molar-refractivity contribution is 0.102. The lowest BCUT2D eigenvalue weighted by atomic mass is 10.1. The number of carbonyl (C=O) groups excluding carboxylic acids is 1. The minimum absolute atomic E-state index is 0.164. The molecule has 0 atom stereocenters. The Morgan fingerprint density at radius 3 is 2.31 bits per heavy atom. The first-order valence-electron chi connectivity index (χ1n) is 8.45. The van der Waals surface area contributed by atoms with Gasteiger partial charge in [0.1, 0.15) is 5.75 Å². The summed E-state index contributed by atoms with van der Waals surface area (Å²) in [5, 5.41) is 6.30. The van der Waals surface area contributed by atoms with Crippen molar-refractivity contribution < 1.29 is 9.53 Å². The van der Waals surface area contributed by atoms with Crippen LogP contribution in [-0.2, 0) is 0 Å². The number of ether oxygens (including phenoxy) is 1. The molecule has 26 heavy (non-hydrogen) atoms. The smallest absolute Gasteiger partial charge is 0.257 e. The Morgan fingerprint density at radius 1 is 0.885 bits per heavy atom. The number of methoxy groups -OCH3 is 1. The quantitative estimate of drug-likeness (QED) is 0.658. The minimum Gasteiger partial charge on any atom is -0.497 e. The van der Waals surface area contributed by atoms with E-state index in [1.54, 1.807) is 7.11 Å². The maximum absolute atomic E-state index is 12.7. The summed E-state index contributed by atoms with van der Waals surface area (Å²) in [5.41, 5.74) is 5.40. The highest BCUT2D eigenvalue weighted by molar-refractivity contribution is 6.08. The van der Waals surface area contributed by atoms with Gasteiger partial charge >= 0.3 is 0 Å². The van der Waals surface area contributed by atoms with Gasteiger partial charge in [-0.3, -0.25) is 4.79 Å². The Bertz CT molecular complexity index is 918. The Kier molecular flexibility index (Phi) is 5.23. The number of anilines is 3. The molecule has 0 heterocycles. The number of aryl methyl sites for hydroxylation is 2. The summed E-state index contributed by atoms with van der Waals surface area (Å²) in [4.78, 5) is 12.7. The van der Waals surface area contributed by atoms with E-state index in [9.17, 15) is 4.79 Å². The summed E-state index contributed by atoms with van der Waals surface area (Å²) < 4.78 is 5.14. The highest BCUT2D eigenvalue weighted by Crippen LogP contribution is 2.25. The summed E-state index contributed by atoms with van der Waals surface area (Å²) in [5.74, 6) is 0.586. The van der Waals surface area contributed by atoms with Crippen LogP contribution in [0, 0.1) is 13.8 Å². The summed E-state index contributed by atoms with van der Waals surface area (Å²) in [6.07, 6.45) is 0. The van der Waals surface area contributed by atoms with Gasteiger partial charge in [-0.1, -0.05) is 29.8 Å². The maximum atomic E-state index is 12.7. The van der Waals surface area contributed by atoms with Crippen LogP contribution in [0.5, 0.6) is 5.75 Å². The Balaban J connectivity index is 1.82. The fraction of sp³-hybridized carbons (Fsp3) is 0.136. The lowest BCUT2D eigenvalue weighted by Crippen LogP contribution is -2.14. The molecule has 3 rings (SSSR count). The van der Waals surface area contributed by atoms with Gasteiger partial charge in [-0.25, -0.2) is 0 Å². The fourth-order valence-electron chi connectivity index (χ4n) is 2.76. The number of amides is 1. The minimum atomic E-state index is -0.164. The van der Waals surface area contributed by atoms with Crippen molar-refractivity contribution in [2.24, 2.45) is 0 Å². The van der Waals surface area contributed by atoms with Gasteiger partial charge in [0.15, 0.2) is 0 Å². The summed E-state index contributed by atoms with van der Waals surface area (Å²) in [7, 11) is 1.61. The van der Waals surface area contributed by atoms with E-state index in [1.165, 1.54) is 5.56 Å². The topological polar surface area (TPSA) is 50.4 Å². The van der Waals surface area contributed by atoms with Gasteiger partial charge in [-0.2, -0.15) is 0 Å². The van der Waals surface area contributed by atoms with E-state index < -0.39 is 0 Å². The lowest BCUT2D eigenvalue weighted by Gasteiger charge is -2.14. The van der Waals surface area contributed by atoms with Gasteiger partial charge in [0.2, 0.25) is 0 Å². The van der Waals surface area contributed by atoms with Crippen molar-refractivity contribution in [2.45, 2.75) is 13.8 Å². The molecule has 0 aliphatic rings. The predicted molar refractivity (Wildman–Crippen MR) is 107 cm³/mol. The van der Waals surface area contributed by atoms with Crippen molar-refractivity contribution in [1.29, 1.82) is 0 Å². The average Bonchev–Trinajstić information content (AvgIpc) is 2.65. The molecule has 0 unspecified atom stereocenters. The maximum Gasteiger partial charge on any atom is 0.257 e. The second-order valence-corrected chi connectivity index (χ2v) is 6.17. The second kappa shape index (κ2) is 7.74. The van der Waals surface area contributed by atoms with Crippen LogP contribution in [0.1, 0.15) is 21.5 Å². The third kappa shape index (κ3) is 4.03. The zero-order chi connectivity index (χ0) is 18.5.